The van der Waals surface area contributed by atoms with Gasteiger partial charge in [0.05, 0.1) is 0 Å². The van der Waals surface area contributed by atoms with Gasteiger partial charge in [-0.25, -0.2) is 4.39 Å². The van der Waals surface area contributed by atoms with Crippen molar-refractivity contribution in [2.75, 3.05) is 5.75 Å². The van der Waals surface area contributed by atoms with Crippen LogP contribution in [0.3, 0.4) is 0 Å². The highest BCUT2D eigenvalue weighted by Gasteiger charge is 2.11. The Hall–Kier alpha value is -0.100. The number of thioether (sulfide) groups is 1. The average molecular weight is 321 g/mol. The second-order valence-corrected chi connectivity index (χ2v) is 6.65. The number of hydrogen-bond donors (Lipinski definition) is 2. The van der Waals surface area contributed by atoms with Crippen LogP contribution in [-0.4, -0.2) is 17.0 Å². The third-order valence-electron chi connectivity index (χ3n) is 2.34. The Kier molecular flexibility index (Phi) is 6.48. The predicted octanol–water partition coefficient (Wildman–Crippen LogP) is 3.10. The quantitative estimate of drug-likeness (QED) is 0.625. The van der Waals surface area contributed by atoms with Gasteiger partial charge in [0, 0.05) is 16.3 Å². The molecule has 1 rings (SSSR count). The minimum atomic E-state index is -0.213. The molecule has 0 amide bonds. The molecule has 0 radical (unpaired) electrons. The number of hydrazine groups is 1. The molecule has 0 saturated heterocycles. The molecule has 1 aromatic carbocycles. The minimum absolute atomic E-state index is 0.153. The number of rotatable bonds is 6. The number of halogens is 2. The third-order valence-corrected chi connectivity index (χ3v) is 4.38. The monoisotopic (exact) mass is 320 g/mol. The van der Waals surface area contributed by atoms with E-state index in [0.29, 0.717) is 11.7 Å². The Morgan fingerprint density at radius 2 is 2.18 bits per heavy atom. The zero-order valence-electron chi connectivity index (χ0n) is 10.0. The molecule has 0 aliphatic heterocycles. The van der Waals surface area contributed by atoms with Crippen molar-refractivity contribution in [2.45, 2.75) is 31.6 Å². The Labute approximate surface area is 115 Å². The maximum atomic E-state index is 13.1. The van der Waals surface area contributed by atoms with Crippen LogP contribution in [0, 0.1) is 5.82 Å². The predicted molar refractivity (Wildman–Crippen MR) is 76.5 cm³/mol. The van der Waals surface area contributed by atoms with Crippen molar-refractivity contribution in [3.05, 3.63) is 34.1 Å². The molecule has 1 aromatic rings. The number of nitrogens with two attached hydrogens (primary N) is 1. The lowest BCUT2D eigenvalue weighted by molar-refractivity contribution is 0.569. The van der Waals surface area contributed by atoms with E-state index in [2.05, 4.69) is 35.2 Å². The van der Waals surface area contributed by atoms with E-state index in [1.807, 2.05) is 11.8 Å². The molecule has 5 heteroatoms. The second kappa shape index (κ2) is 7.36. The highest BCUT2D eigenvalue weighted by molar-refractivity contribution is 9.10. The molecule has 0 spiro atoms. The van der Waals surface area contributed by atoms with Gasteiger partial charge < -0.3 is 0 Å². The van der Waals surface area contributed by atoms with Gasteiger partial charge in [0.25, 0.3) is 0 Å². The SMILES string of the molecule is CC(C)SCC(Cc1cc(F)ccc1Br)NN. The number of nitrogens with one attached hydrogen (secondary N) is 1. The van der Waals surface area contributed by atoms with Crippen LogP contribution in [0.4, 0.5) is 4.39 Å². The molecular weight excluding hydrogens is 303 g/mol. The summed E-state index contributed by atoms with van der Waals surface area (Å²) >= 11 is 5.27. The maximum Gasteiger partial charge on any atom is 0.123 e. The summed E-state index contributed by atoms with van der Waals surface area (Å²) in [5, 5.41) is 0.571. The molecule has 1 unspecified atom stereocenters. The van der Waals surface area contributed by atoms with Gasteiger partial charge in [-0.15, -0.1) is 0 Å². The maximum absolute atomic E-state index is 13.1. The van der Waals surface area contributed by atoms with E-state index in [1.165, 1.54) is 6.07 Å². The van der Waals surface area contributed by atoms with Crippen molar-refractivity contribution >= 4 is 27.7 Å². The van der Waals surface area contributed by atoms with E-state index in [0.717, 1.165) is 15.8 Å². The molecule has 2 nitrogen and oxygen atoms in total. The smallest absolute Gasteiger partial charge is 0.123 e. The van der Waals surface area contributed by atoms with Crippen LogP contribution >= 0.6 is 27.7 Å². The van der Waals surface area contributed by atoms with Gasteiger partial charge >= 0.3 is 0 Å². The van der Waals surface area contributed by atoms with Crippen molar-refractivity contribution in [3.63, 3.8) is 0 Å². The van der Waals surface area contributed by atoms with Crippen molar-refractivity contribution in [2.24, 2.45) is 5.84 Å². The van der Waals surface area contributed by atoms with Crippen LogP contribution in [0.5, 0.6) is 0 Å². The first-order valence-corrected chi connectivity index (χ1v) is 7.38. The summed E-state index contributed by atoms with van der Waals surface area (Å²) in [5.41, 5.74) is 3.73. The zero-order chi connectivity index (χ0) is 12.8. The van der Waals surface area contributed by atoms with E-state index in [1.54, 1.807) is 12.1 Å². The molecule has 0 aliphatic rings. The van der Waals surface area contributed by atoms with E-state index in [4.69, 9.17) is 5.84 Å². The molecule has 0 aliphatic carbocycles. The lowest BCUT2D eigenvalue weighted by atomic mass is 10.1. The third kappa shape index (κ3) is 5.38. The van der Waals surface area contributed by atoms with Gasteiger partial charge in [-0.2, -0.15) is 11.8 Å². The van der Waals surface area contributed by atoms with Gasteiger partial charge in [0.1, 0.15) is 5.82 Å². The molecule has 3 N–H and O–H groups in total. The second-order valence-electron chi connectivity index (χ2n) is 4.19. The largest absolute Gasteiger partial charge is 0.271 e. The zero-order valence-corrected chi connectivity index (χ0v) is 12.4. The number of benzene rings is 1. The molecule has 0 fully saturated rings. The van der Waals surface area contributed by atoms with Gasteiger partial charge in [0.2, 0.25) is 0 Å². The minimum Gasteiger partial charge on any atom is -0.271 e. The molecule has 0 aromatic heterocycles. The van der Waals surface area contributed by atoms with Crippen LogP contribution in [0.2, 0.25) is 0 Å². The summed E-state index contributed by atoms with van der Waals surface area (Å²) in [6.07, 6.45) is 0.717. The molecule has 17 heavy (non-hydrogen) atoms. The fourth-order valence-electron chi connectivity index (χ4n) is 1.44. The van der Waals surface area contributed by atoms with E-state index < -0.39 is 0 Å². The van der Waals surface area contributed by atoms with Crippen LogP contribution in [-0.2, 0) is 6.42 Å². The Bertz CT molecular complexity index is 360. The summed E-state index contributed by atoms with van der Waals surface area (Å²) < 4.78 is 14.1. The average Bonchev–Trinajstić information content (AvgIpc) is 2.28. The first-order valence-electron chi connectivity index (χ1n) is 5.54. The van der Waals surface area contributed by atoms with Crippen molar-refractivity contribution < 1.29 is 4.39 Å². The van der Waals surface area contributed by atoms with Crippen LogP contribution in [0.1, 0.15) is 19.4 Å². The fourth-order valence-corrected chi connectivity index (χ4v) is 2.68. The molecule has 0 bridgehead atoms. The molecule has 96 valence electrons. The highest BCUT2D eigenvalue weighted by atomic mass is 79.9. The topological polar surface area (TPSA) is 38.0 Å². The van der Waals surface area contributed by atoms with Crippen molar-refractivity contribution in [3.8, 4) is 0 Å². The van der Waals surface area contributed by atoms with Gasteiger partial charge in [-0.3, -0.25) is 11.3 Å². The van der Waals surface area contributed by atoms with E-state index >= 15 is 0 Å². The van der Waals surface area contributed by atoms with Gasteiger partial charge in [-0.1, -0.05) is 29.8 Å². The summed E-state index contributed by atoms with van der Waals surface area (Å²) in [7, 11) is 0. The van der Waals surface area contributed by atoms with Gasteiger partial charge in [0.15, 0.2) is 0 Å². The first kappa shape index (κ1) is 15.0. The Morgan fingerprint density at radius 1 is 1.47 bits per heavy atom. The summed E-state index contributed by atoms with van der Waals surface area (Å²) in [6, 6.07) is 4.88. The highest BCUT2D eigenvalue weighted by Crippen LogP contribution is 2.21. The normalized spacial score (nSPS) is 13.1. The van der Waals surface area contributed by atoms with Crippen molar-refractivity contribution in [1.29, 1.82) is 0 Å². The summed E-state index contributed by atoms with van der Waals surface area (Å²) in [5.74, 6) is 6.22. The van der Waals surface area contributed by atoms with Crippen LogP contribution in [0.15, 0.2) is 22.7 Å². The Balaban J connectivity index is 2.63. The molecular formula is C12H18BrFN2S. The number of hydrogen-bond acceptors (Lipinski definition) is 3. The summed E-state index contributed by atoms with van der Waals surface area (Å²) in [4.78, 5) is 0. The summed E-state index contributed by atoms with van der Waals surface area (Å²) in [6.45, 7) is 4.30. The molecule has 1 atom stereocenters. The Morgan fingerprint density at radius 3 is 2.76 bits per heavy atom. The standard InChI is InChI=1S/C12H18BrFN2S/c1-8(2)17-7-11(16-15)6-9-5-10(14)3-4-12(9)13/h3-5,8,11,16H,6-7,15H2,1-2H3. The van der Waals surface area contributed by atoms with Crippen molar-refractivity contribution in [1.82, 2.24) is 5.43 Å². The van der Waals surface area contributed by atoms with Crippen LogP contribution in [0.25, 0.3) is 0 Å². The lowest BCUT2D eigenvalue weighted by Crippen LogP contribution is -2.39. The lowest BCUT2D eigenvalue weighted by Gasteiger charge is -2.17. The molecule has 0 saturated carbocycles. The van der Waals surface area contributed by atoms with E-state index in [9.17, 15) is 4.39 Å². The first-order chi connectivity index (χ1) is 8.02. The van der Waals surface area contributed by atoms with E-state index in [-0.39, 0.29) is 11.9 Å². The van der Waals surface area contributed by atoms with Gasteiger partial charge in [-0.05, 0) is 35.4 Å². The molecule has 0 heterocycles. The van der Waals surface area contributed by atoms with Crippen LogP contribution < -0.4 is 11.3 Å². The fraction of sp³-hybridized carbons (Fsp3) is 0.500.